The maximum atomic E-state index is 6.52. The van der Waals surface area contributed by atoms with E-state index in [4.69, 9.17) is 16.6 Å². The summed E-state index contributed by atoms with van der Waals surface area (Å²) < 4.78 is 0. The van der Waals surface area contributed by atoms with Crippen molar-refractivity contribution in [1.29, 1.82) is 0 Å². The number of halogens is 1. The Morgan fingerprint density at radius 1 is 1.00 bits per heavy atom. The second kappa shape index (κ2) is 5.64. The van der Waals surface area contributed by atoms with Gasteiger partial charge in [0.05, 0.1) is 10.9 Å². The van der Waals surface area contributed by atoms with E-state index in [1.54, 1.807) is 0 Å². The number of hydrogen-bond acceptors (Lipinski definition) is 1. The number of aromatic nitrogens is 1. The molecule has 0 saturated heterocycles. The molecule has 2 heteroatoms. The highest BCUT2D eigenvalue weighted by atomic mass is 35.5. The topological polar surface area (TPSA) is 12.9 Å². The lowest BCUT2D eigenvalue weighted by atomic mass is 10.0. The minimum Gasteiger partial charge on any atom is -0.252 e. The number of fused-ring (bicyclic) bond motifs is 1. The lowest BCUT2D eigenvalue weighted by Gasteiger charge is -2.12. The van der Waals surface area contributed by atoms with Crippen LogP contribution in [0, 0.1) is 6.92 Å². The Balaban J connectivity index is 1.92. The average Bonchev–Trinajstić information content (AvgIpc) is 2.49. The van der Waals surface area contributed by atoms with Crippen molar-refractivity contribution in [1.82, 2.24) is 4.98 Å². The van der Waals surface area contributed by atoms with Gasteiger partial charge in [-0.05, 0) is 30.2 Å². The molecule has 3 aromatic rings. The Morgan fingerprint density at radius 2 is 1.70 bits per heavy atom. The van der Waals surface area contributed by atoms with Crippen molar-refractivity contribution in [3.05, 3.63) is 77.5 Å². The van der Waals surface area contributed by atoms with Gasteiger partial charge in [0, 0.05) is 17.5 Å². The summed E-state index contributed by atoms with van der Waals surface area (Å²) in [6, 6.07) is 20.6. The van der Waals surface area contributed by atoms with Crippen molar-refractivity contribution >= 4 is 22.5 Å². The highest BCUT2D eigenvalue weighted by Crippen LogP contribution is 2.26. The van der Waals surface area contributed by atoms with E-state index in [1.807, 2.05) is 36.4 Å². The van der Waals surface area contributed by atoms with E-state index in [0.717, 1.165) is 23.2 Å². The van der Waals surface area contributed by atoms with Crippen molar-refractivity contribution in [2.45, 2.75) is 18.7 Å². The molecule has 0 radical (unpaired) electrons. The van der Waals surface area contributed by atoms with E-state index < -0.39 is 0 Å². The van der Waals surface area contributed by atoms with Gasteiger partial charge in [-0.25, -0.2) is 0 Å². The lowest BCUT2D eigenvalue weighted by Crippen LogP contribution is -2.01. The largest absolute Gasteiger partial charge is 0.252 e. The zero-order valence-corrected chi connectivity index (χ0v) is 12.1. The van der Waals surface area contributed by atoms with E-state index in [1.165, 1.54) is 10.9 Å². The molecule has 0 fully saturated rings. The third-order valence-electron chi connectivity index (χ3n) is 3.55. The number of benzene rings is 2. The van der Waals surface area contributed by atoms with Crippen LogP contribution in [-0.2, 0) is 6.42 Å². The molecule has 2 aromatic carbocycles. The monoisotopic (exact) mass is 281 g/mol. The van der Waals surface area contributed by atoms with Gasteiger partial charge in [0.25, 0.3) is 0 Å². The van der Waals surface area contributed by atoms with Crippen LogP contribution in [0.25, 0.3) is 10.9 Å². The summed E-state index contributed by atoms with van der Waals surface area (Å²) in [7, 11) is 0. The van der Waals surface area contributed by atoms with Crippen molar-refractivity contribution in [3.63, 3.8) is 0 Å². The molecule has 1 atom stereocenters. The normalized spacial score (nSPS) is 12.5. The summed E-state index contributed by atoms with van der Waals surface area (Å²) in [5.41, 5.74) is 4.45. The van der Waals surface area contributed by atoms with Crippen LogP contribution in [0.1, 0.15) is 22.2 Å². The van der Waals surface area contributed by atoms with E-state index in [2.05, 4.69) is 31.2 Å². The molecule has 3 rings (SSSR count). The second-order valence-corrected chi connectivity index (χ2v) is 5.55. The van der Waals surface area contributed by atoms with Crippen molar-refractivity contribution in [2.75, 3.05) is 0 Å². The molecular weight excluding hydrogens is 266 g/mol. The predicted octanol–water partition coefficient (Wildman–Crippen LogP) is 5.07. The van der Waals surface area contributed by atoms with E-state index in [9.17, 15) is 0 Å². The molecule has 20 heavy (non-hydrogen) atoms. The molecule has 1 heterocycles. The first-order valence-electron chi connectivity index (χ1n) is 6.78. The summed E-state index contributed by atoms with van der Waals surface area (Å²) in [4.78, 5) is 4.76. The number of alkyl halides is 1. The van der Waals surface area contributed by atoms with Crippen molar-refractivity contribution in [2.24, 2.45) is 0 Å². The molecule has 1 unspecified atom stereocenters. The third kappa shape index (κ3) is 2.68. The zero-order chi connectivity index (χ0) is 13.9. The quantitative estimate of drug-likeness (QED) is 0.611. The molecule has 1 nitrogen and oxygen atoms in total. The molecule has 0 saturated carbocycles. The molecule has 0 N–H and O–H groups in total. The SMILES string of the molecule is Cc1cc2ccccc2nc1CC(Cl)c1ccccc1. The summed E-state index contributed by atoms with van der Waals surface area (Å²) in [5.74, 6) is 0. The first-order valence-corrected chi connectivity index (χ1v) is 7.22. The van der Waals surface area contributed by atoms with Gasteiger partial charge >= 0.3 is 0 Å². The van der Waals surface area contributed by atoms with Crippen LogP contribution in [-0.4, -0.2) is 4.98 Å². The van der Waals surface area contributed by atoms with Gasteiger partial charge in [-0.1, -0.05) is 48.5 Å². The lowest BCUT2D eigenvalue weighted by molar-refractivity contribution is 0.877. The van der Waals surface area contributed by atoms with Crippen LogP contribution < -0.4 is 0 Å². The van der Waals surface area contributed by atoms with Gasteiger partial charge in [0.15, 0.2) is 0 Å². The molecule has 0 bridgehead atoms. The highest BCUT2D eigenvalue weighted by Gasteiger charge is 2.12. The fourth-order valence-corrected chi connectivity index (χ4v) is 2.71. The molecule has 0 amide bonds. The molecule has 0 aliphatic heterocycles. The maximum absolute atomic E-state index is 6.52. The average molecular weight is 282 g/mol. The Bertz CT molecular complexity index is 722. The fraction of sp³-hybridized carbons (Fsp3) is 0.167. The molecular formula is C18H16ClN. The Hall–Kier alpha value is -1.86. The van der Waals surface area contributed by atoms with E-state index in [-0.39, 0.29) is 5.38 Å². The van der Waals surface area contributed by atoms with E-state index >= 15 is 0 Å². The maximum Gasteiger partial charge on any atom is 0.0705 e. The van der Waals surface area contributed by atoms with Gasteiger partial charge in [-0.3, -0.25) is 4.98 Å². The standard InChI is InChI=1S/C18H16ClN/c1-13-11-15-9-5-6-10-17(15)20-18(13)12-16(19)14-7-3-2-4-8-14/h2-11,16H,12H2,1H3. The smallest absolute Gasteiger partial charge is 0.0705 e. The first kappa shape index (κ1) is 13.1. The minimum atomic E-state index is -0.0384. The third-order valence-corrected chi connectivity index (χ3v) is 3.96. The van der Waals surface area contributed by atoms with Gasteiger partial charge in [0.2, 0.25) is 0 Å². The molecule has 0 spiro atoms. The van der Waals surface area contributed by atoms with Crippen LogP contribution in [0.2, 0.25) is 0 Å². The summed E-state index contributed by atoms with van der Waals surface area (Å²) >= 11 is 6.52. The Labute approximate surface area is 124 Å². The molecule has 1 aromatic heterocycles. The second-order valence-electron chi connectivity index (χ2n) is 5.03. The number of rotatable bonds is 3. The number of pyridine rings is 1. The van der Waals surface area contributed by atoms with Gasteiger partial charge in [-0.2, -0.15) is 0 Å². The number of nitrogens with zero attached hydrogens (tertiary/aromatic N) is 1. The Morgan fingerprint density at radius 3 is 2.50 bits per heavy atom. The van der Waals surface area contributed by atoms with Crippen LogP contribution in [0.4, 0.5) is 0 Å². The number of aryl methyl sites for hydroxylation is 1. The van der Waals surface area contributed by atoms with Gasteiger partial charge in [0.1, 0.15) is 0 Å². The molecule has 0 aliphatic rings. The van der Waals surface area contributed by atoms with Crippen molar-refractivity contribution < 1.29 is 0 Å². The summed E-state index contributed by atoms with van der Waals surface area (Å²) in [5, 5.41) is 1.14. The first-order chi connectivity index (χ1) is 9.74. The van der Waals surface area contributed by atoms with Gasteiger partial charge < -0.3 is 0 Å². The zero-order valence-electron chi connectivity index (χ0n) is 11.4. The van der Waals surface area contributed by atoms with Crippen LogP contribution in [0.3, 0.4) is 0 Å². The number of para-hydroxylation sites is 1. The van der Waals surface area contributed by atoms with E-state index in [0.29, 0.717) is 0 Å². The van der Waals surface area contributed by atoms with Crippen LogP contribution in [0.5, 0.6) is 0 Å². The highest BCUT2D eigenvalue weighted by molar-refractivity contribution is 6.20. The summed E-state index contributed by atoms with van der Waals surface area (Å²) in [6.07, 6.45) is 0.752. The predicted molar refractivity (Wildman–Crippen MR) is 85.2 cm³/mol. The fourth-order valence-electron chi connectivity index (χ4n) is 2.42. The minimum absolute atomic E-state index is 0.0384. The molecule has 0 aliphatic carbocycles. The van der Waals surface area contributed by atoms with Crippen molar-refractivity contribution in [3.8, 4) is 0 Å². The van der Waals surface area contributed by atoms with Crippen LogP contribution in [0.15, 0.2) is 60.7 Å². The Kier molecular flexibility index (Phi) is 3.70. The van der Waals surface area contributed by atoms with Crippen LogP contribution >= 0.6 is 11.6 Å². The van der Waals surface area contributed by atoms with Gasteiger partial charge in [-0.15, -0.1) is 11.6 Å². The molecule has 100 valence electrons. The summed E-state index contributed by atoms with van der Waals surface area (Å²) in [6.45, 7) is 2.10. The number of hydrogen-bond donors (Lipinski definition) is 0.